The summed E-state index contributed by atoms with van der Waals surface area (Å²) in [4.78, 5) is 31.4. The average Bonchev–Trinajstić information content (AvgIpc) is 2.37. The van der Waals surface area contributed by atoms with Crippen molar-refractivity contribution in [2.45, 2.75) is 13.0 Å². The molecular weight excluding hydrogens is 272 g/mol. The molecule has 11 nitrogen and oxygen atoms in total. The first kappa shape index (κ1) is 15.3. The Morgan fingerprint density at radius 2 is 1.70 bits per heavy atom. The first-order valence-electron chi connectivity index (χ1n) is 5.27. The van der Waals surface area contributed by atoms with E-state index >= 15 is 0 Å². The van der Waals surface area contributed by atoms with E-state index in [9.17, 15) is 25.0 Å². The van der Waals surface area contributed by atoms with Crippen molar-refractivity contribution in [2.24, 2.45) is 11.6 Å². The Bertz CT molecular complexity index is 572. The highest BCUT2D eigenvalue weighted by atomic mass is 16.6. The number of nitrogens with two attached hydrogens (primary N) is 2. The lowest BCUT2D eigenvalue weighted by molar-refractivity contribution is -0.393. The number of hydrogen-bond acceptors (Lipinski definition) is 8. The molecular formula is C9H12N6O5. The van der Waals surface area contributed by atoms with Crippen molar-refractivity contribution in [1.29, 1.82) is 0 Å². The summed E-state index contributed by atoms with van der Waals surface area (Å²) in [7, 11) is 0. The van der Waals surface area contributed by atoms with Crippen LogP contribution < -0.4 is 22.3 Å². The van der Waals surface area contributed by atoms with E-state index in [1.54, 1.807) is 0 Å². The minimum atomic E-state index is -0.904. The second kappa shape index (κ2) is 5.90. The van der Waals surface area contributed by atoms with Crippen molar-refractivity contribution in [3.8, 4) is 0 Å². The van der Waals surface area contributed by atoms with E-state index in [0.717, 1.165) is 6.07 Å². The molecule has 0 aromatic heterocycles. The highest BCUT2D eigenvalue weighted by molar-refractivity contribution is 5.97. The summed E-state index contributed by atoms with van der Waals surface area (Å²) in [6, 6.07) is 0.793. The second-order valence-electron chi connectivity index (χ2n) is 3.82. The van der Waals surface area contributed by atoms with Crippen LogP contribution in [0.2, 0.25) is 0 Å². The molecule has 0 aliphatic carbocycles. The smallest absolute Gasteiger partial charge is 0.300 e. The molecule has 0 unspecified atom stereocenters. The Balaban J connectivity index is 3.38. The highest BCUT2D eigenvalue weighted by Gasteiger charge is 2.25. The zero-order valence-electron chi connectivity index (χ0n) is 10.3. The number of hydrazine groups is 1. The summed E-state index contributed by atoms with van der Waals surface area (Å²) < 4.78 is 0. The van der Waals surface area contributed by atoms with Gasteiger partial charge in [0.2, 0.25) is 5.91 Å². The molecule has 0 saturated heterocycles. The van der Waals surface area contributed by atoms with Gasteiger partial charge < -0.3 is 16.5 Å². The third-order valence-electron chi connectivity index (χ3n) is 2.33. The number of hydrogen-bond donors (Lipinski definition) is 4. The predicted octanol–water partition coefficient (Wildman–Crippen LogP) is 0.0743. The topological polar surface area (TPSA) is 179 Å². The van der Waals surface area contributed by atoms with Gasteiger partial charge in [0.25, 0.3) is 5.69 Å². The van der Waals surface area contributed by atoms with Gasteiger partial charge in [0.15, 0.2) is 0 Å². The number of nitrogen functional groups attached to an aromatic ring is 1. The van der Waals surface area contributed by atoms with E-state index in [0.29, 0.717) is 6.07 Å². The van der Waals surface area contributed by atoms with Gasteiger partial charge in [0, 0.05) is 6.07 Å². The fourth-order valence-electron chi connectivity index (χ4n) is 1.34. The Labute approximate surface area is 112 Å². The summed E-state index contributed by atoms with van der Waals surface area (Å²) in [5, 5.41) is 23.9. The number of rotatable bonds is 5. The van der Waals surface area contributed by atoms with E-state index in [2.05, 4.69) is 5.32 Å². The molecule has 108 valence electrons. The molecule has 1 atom stereocenters. The Morgan fingerprint density at radius 1 is 1.20 bits per heavy atom. The molecule has 0 aliphatic heterocycles. The molecule has 11 heteroatoms. The van der Waals surface area contributed by atoms with Gasteiger partial charge in [-0.05, 0) is 6.92 Å². The molecule has 0 fully saturated rings. The van der Waals surface area contributed by atoms with Crippen LogP contribution >= 0.6 is 0 Å². The van der Waals surface area contributed by atoms with Crippen LogP contribution in [0.1, 0.15) is 6.92 Å². The van der Waals surface area contributed by atoms with Crippen LogP contribution in [-0.2, 0) is 4.79 Å². The normalized spacial score (nSPS) is 11.6. The zero-order chi connectivity index (χ0) is 15.4. The zero-order valence-corrected chi connectivity index (χ0v) is 10.3. The number of nitrogens with zero attached hydrogens (tertiary/aromatic N) is 2. The molecule has 0 spiro atoms. The Kier molecular flexibility index (Phi) is 4.50. The summed E-state index contributed by atoms with van der Waals surface area (Å²) in [5.74, 6) is 4.44. The minimum Gasteiger partial charge on any atom is -0.320 e. The second-order valence-corrected chi connectivity index (χ2v) is 3.82. The van der Waals surface area contributed by atoms with Gasteiger partial charge in [0.1, 0.15) is 11.4 Å². The summed E-state index contributed by atoms with van der Waals surface area (Å²) in [6.07, 6.45) is 0. The predicted molar refractivity (Wildman–Crippen MR) is 69.8 cm³/mol. The van der Waals surface area contributed by atoms with E-state index in [1.807, 2.05) is 5.43 Å². The molecule has 1 aromatic rings. The van der Waals surface area contributed by atoms with Crippen molar-refractivity contribution in [3.05, 3.63) is 32.4 Å². The van der Waals surface area contributed by atoms with Crippen LogP contribution in [0, 0.1) is 20.2 Å². The van der Waals surface area contributed by atoms with Crippen LogP contribution in [0.25, 0.3) is 0 Å². The van der Waals surface area contributed by atoms with Crippen LogP contribution in [0.3, 0.4) is 0 Å². The van der Waals surface area contributed by atoms with E-state index in [4.69, 9.17) is 11.6 Å². The molecule has 1 amide bonds. The van der Waals surface area contributed by atoms with Crippen molar-refractivity contribution in [1.82, 2.24) is 0 Å². The summed E-state index contributed by atoms with van der Waals surface area (Å²) in [5.41, 5.74) is 5.73. The van der Waals surface area contributed by atoms with Gasteiger partial charge in [0.05, 0.1) is 22.0 Å². The molecule has 0 saturated carbocycles. The van der Waals surface area contributed by atoms with Gasteiger partial charge in [-0.15, -0.1) is 0 Å². The number of nitro groups is 2. The Morgan fingerprint density at radius 3 is 2.10 bits per heavy atom. The van der Waals surface area contributed by atoms with Crippen LogP contribution in [0.15, 0.2) is 12.1 Å². The van der Waals surface area contributed by atoms with E-state index < -0.39 is 33.2 Å². The number of carbonyl (C=O) groups excluding carboxylic acids is 1. The maximum absolute atomic E-state index is 11.5. The first-order valence-corrected chi connectivity index (χ1v) is 5.27. The number of nitro benzene ring substituents is 2. The molecule has 6 N–H and O–H groups in total. The maximum Gasteiger partial charge on any atom is 0.300 e. The number of nitrogens with one attached hydrogen (secondary N) is 2. The third kappa shape index (κ3) is 3.15. The maximum atomic E-state index is 11.5. The molecule has 20 heavy (non-hydrogen) atoms. The van der Waals surface area contributed by atoms with Crippen molar-refractivity contribution >= 4 is 28.7 Å². The molecule has 1 aromatic carbocycles. The summed E-state index contributed by atoms with van der Waals surface area (Å²) >= 11 is 0. The van der Waals surface area contributed by atoms with Gasteiger partial charge >= 0.3 is 5.69 Å². The van der Waals surface area contributed by atoms with E-state index in [1.165, 1.54) is 6.92 Å². The highest BCUT2D eigenvalue weighted by Crippen LogP contribution is 2.35. The number of anilines is 2. The lowest BCUT2D eigenvalue weighted by Gasteiger charge is -2.10. The molecule has 0 radical (unpaired) electrons. The van der Waals surface area contributed by atoms with Crippen molar-refractivity contribution in [3.63, 3.8) is 0 Å². The number of amides is 1. The van der Waals surface area contributed by atoms with Gasteiger partial charge in [-0.1, -0.05) is 0 Å². The molecule has 0 heterocycles. The van der Waals surface area contributed by atoms with Gasteiger partial charge in [-0.2, -0.15) is 0 Å². The van der Waals surface area contributed by atoms with Gasteiger partial charge in [-0.3, -0.25) is 30.9 Å². The lowest BCUT2D eigenvalue weighted by Crippen LogP contribution is -2.32. The third-order valence-corrected chi connectivity index (χ3v) is 2.33. The van der Waals surface area contributed by atoms with Crippen LogP contribution in [0.5, 0.6) is 0 Å². The minimum absolute atomic E-state index is 0.180. The fraction of sp³-hybridized carbons (Fsp3) is 0.222. The largest absolute Gasteiger partial charge is 0.320 e. The van der Waals surface area contributed by atoms with Crippen molar-refractivity contribution in [2.75, 3.05) is 10.7 Å². The van der Waals surface area contributed by atoms with E-state index in [-0.39, 0.29) is 11.4 Å². The van der Waals surface area contributed by atoms with Crippen LogP contribution in [0.4, 0.5) is 22.7 Å². The average molecular weight is 284 g/mol. The SMILES string of the molecule is C[C@H](N)C(=O)Nc1cc(NN)c([N+](=O)[O-])cc1[N+](=O)[O-]. The van der Waals surface area contributed by atoms with Crippen molar-refractivity contribution < 1.29 is 14.6 Å². The molecule has 0 bridgehead atoms. The lowest BCUT2D eigenvalue weighted by atomic mass is 10.2. The standard InChI is InChI=1S/C9H12N6O5/c1-4(10)9(16)12-5-2-6(13-11)8(15(19)20)3-7(5)14(17)18/h2-4,13H,10-11H2,1H3,(H,12,16)/t4-/m0/s1. The molecule has 1 rings (SSSR count). The number of benzene rings is 1. The Hall–Kier alpha value is -2.79. The van der Waals surface area contributed by atoms with Gasteiger partial charge in [-0.25, -0.2) is 0 Å². The monoisotopic (exact) mass is 284 g/mol. The van der Waals surface area contributed by atoms with Crippen LogP contribution in [-0.4, -0.2) is 21.8 Å². The quantitative estimate of drug-likeness (QED) is 0.333. The fourth-order valence-corrected chi connectivity index (χ4v) is 1.34. The summed E-state index contributed by atoms with van der Waals surface area (Å²) in [6.45, 7) is 1.38. The number of carbonyl (C=O) groups is 1. The first-order chi connectivity index (χ1) is 9.27. The molecule has 0 aliphatic rings.